The zero-order valence-electron chi connectivity index (χ0n) is 14.8. The first-order valence-corrected chi connectivity index (χ1v) is 8.51. The Morgan fingerprint density at radius 2 is 2.08 bits per heavy atom. The van der Waals surface area contributed by atoms with Crippen LogP contribution < -0.4 is 15.7 Å². The summed E-state index contributed by atoms with van der Waals surface area (Å²) < 4.78 is 17.2. The average molecular weight is 331 g/mol. The Kier molecular flexibility index (Phi) is 4.92. The second-order valence-corrected chi connectivity index (χ2v) is 6.66. The van der Waals surface area contributed by atoms with E-state index in [9.17, 15) is 4.79 Å². The van der Waals surface area contributed by atoms with Gasteiger partial charge in [0.2, 0.25) is 0 Å². The fourth-order valence-corrected chi connectivity index (χ4v) is 3.28. The van der Waals surface area contributed by atoms with Gasteiger partial charge in [-0.15, -0.1) is 0 Å². The summed E-state index contributed by atoms with van der Waals surface area (Å²) in [5, 5.41) is 4.25. The summed E-state index contributed by atoms with van der Waals surface area (Å²) in [7, 11) is 0. The lowest BCUT2D eigenvalue weighted by Crippen LogP contribution is -2.41. The Morgan fingerprint density at radius 3 is 2.75 bits per heavy atom. The molecule has 1 fully saturated rings. The minimum atomic E-state index is -0.255. The molecule has 1 N–H and O–H groups in total. The molecule has 0 saturated carbocycles. The van der Waals surface area contributed by atoms with Crippen LogP contribution in [0.2, 0.25) is 0 Å². The molecular formula is C19H25NO4. The first kappa shape index (κ1) is 17.0. The highest BCUT2D eigenvalue weighted by molar-refractivity contribution is 5.85. The van der Waals surface area contributed by atoms with Crippen LogP contribution in [0.4, 0.5) is 0 Å². The van der Waals surface area contributed by atoms with Crippen molar-refractivity contribution in [1.82, 2.24) is 5.32 Å². The predicted molar refractivity (Wildman–Crippen MR) is 94.2 cm³/mol. The number of ether oxygens (including phenoxy) is 2. The zero-order chi connectivity index (χ0) is 17.3. The molecule has 1 saturated heterocycles. The van der Waals surface area contributed by atoms with E-state index >= 15 is 0 Å². The largest absolute Gasteiger partial charge is 0.490 e. The maximum Gasteiger partial charge on any atom is 0.339 e. The van der Waals surface area contributed by atoms with Gasteiger partial charge in [-0.05, 0) is 37.5 Å². The standard InChI is InChI=1S/C19H25NO4/c1-11(2)17-12(3)15-5-6-16(13(4)18(15)24-19(17)21)23-10-14-9-20-7-8-22-14/h5-6,11,14,20H,7-10H2,1-4H3. The van der Waals surface area contributed by atoms with Gasteiger partial charge >= 0.3 is 5.63 Å². The molecule has 0 bridgehead atoms. The molecule has 1 unspecified atom stereocenters. The molecule has 0 radical (unpaired) electrons. The Labute approximate surface area is 141 Å². The number of hydrogen-bond donors (Lipinski definition) is 1. The van der Waals surface area contributed by atoms with Crippen LogP contribution in [0.15, 0.2) is 21.3 Å². The lowest BCUT2D eigenvalue weighted by atomic mass is 9.96. The van der Waals surface area contributed by atoms with Crippen molar-refractivity contribution in [1.29, 1.82) is 0 Å². The number of hydrogen-bond acceptors (Lipinski definition) is 5. The van der Waals surface area contributed by atoms with Crippen molar-refractivity contribution in [3.8, 4) is 5.75 Å². The molecule has 2 aromatic rings. The third-order valence-corrected chi connectivity index (χ3v) is 4.59. The molecule has 3 rings (SSSR count). The second-order valence-electron chi connectivity index (χ2n) is 6.66. The highest BCUT2D eigenvalue weighted by atomic mass is 16.5. The number of aryl methyl sites for hydroxylation is 2. The highest BCUT2D eigenvalue weighted by Crippen LogP contribution is 2.31. The molecular weight excluding hydrogens is 306 g/mol. The molecule has 0 amide bonds. The Balaban J connectivity index is 1.93. The van der Waals surface area contributed by atoms with Gasteiger partial charge in [0.15, 0.2) is 0 Å². The smallest absolute Gasteiger partial charge is 0.339 e. The van der Waals surface area contributed by atoms with Gasteiger partial charge < -0.3 is 19.2 Å². The van der Waals surface area contributed by atoms with Crippen molar-refractivity contribution in [3.05, 3.63) is 39.2 Å². The van der Waals surface area contributed by atoms with E-state index in [0.717, 1.165) is 40.9 Å². The van der Waals surface area contributed by atoms with Gasteiger partial charge in [-0.2, -0.15) is 0 Å². The van der Waals surface area contributed by atoms with E-state index in [1.165, 1.54) is 0 Å². The lowest BCUT2D eigenvalue weighted by molar-refractivity contribution is 0.0000790. The van der Waals surface area contributed by atoms with Crippen LogP contribution in [0, 0.1) is 13.8 Å². The molecule has 0 spiro atoms. The summed E-state index contributed by atoms with van der Waals surface area (Å²) in [5.41, 5.74) is 2.95. The SMILES string of the molecule is Cc1c(C(C)C)c(=O)oc2c(C)c(OCC3CNCCO3)ccc12. The summed E-state index contributed by atoms with van der Waals surface area (Å²) >= 11 is 0. The van der Waals surface area contributed by atoms with E-state index in [-0.39, 0.29) is 17.6 Å². The molecule has 1 aromatic heterocycles. The van der Waals surface area contributed by atoms with Crippen molar-refractivity contribution in [3.63, 3.8) is 0 Å². The van der Waals surface area contributed by atoms with Gasteiger partial charge in [0.25, 0.3) is 0 Å². The molecule has 24 heavy (non-hydrogen) atoms. The van der Waals surface area contributed by atoms with Gasteiger partial charge in [0.1, 0.15) is 24.0 Å². The fourth-order valence-electron chi connectivity index (χ4n) is 3.28. The third kappa shape index (κ3) is 3.19. The number of nitrogens with one attached hydrogen (secondary N) is 1. The molecule has 1 aliphatic rings. The summed E-state index contributed by atoms with van der Waals surface area (Å²) in [4.78, 5) is 12.3. The van der Waals surface area contributed by atoms with Crippen LogP contribution in [-0.2, 0) is 4.74 Å². The number of benzene rings is 1. The van der Waals surface area contributed by atoms with Gasteiger partial charge in [0, 0.05) is 29.6 Å². The first-order valence-electron chi connectivity index (χ1n) is 8.51. The van der Waals surface area contributed by atoms with Crippen LogP contribution in [-0.4, -0.2) is 32.4 Å². The minimum absolute atomic E-state index is 0.0471. The number of fused-ring (bicyclic) bond motifs is 1. The number of morpholine rings is 1. The van der Waals surface area contributed by atoms with Crippen LogP contribution >= 0.6 is 0 Å². The minimum Gasteiger partial charge on any atom is -0.490 e. The second kappa shape index (κ2) is 6.95. The normalized spacial score (nSPS) is 18.3. The molecule has 0 aliphatic carbocycles. The molecule has 2 heterocycles. The maximum atomic E-state index is 12.3. The summed E-state index contributed by atoms with van der Waals surface area (Å²) in [6.45, 7) is 10.8. The lowest BCUT2D eigenvalue weighted by Gasteiger charge is -2.24. The maximum absolute atomic E-state index is 12.3. The Bertz CT molecular complexity index is 788. The van der Waals surface area contributed by atoms with E-state index in [2.05, 4.69) is 5.32 Å². The molecule has 5 nitrogen and oxygen atoms in total. The van der Waals surface area contributed by atoms with Crippen LogP contribution in [0.3, 0.4) is 0 Å². The van der Waals surface area contributed by atoms with Crippen molar-refractivity contribution in [2.75, 3.05) is 26.3 Å². The summed E-state index contributed by atoms with van der Waals surface area (Å²) in [6, 6.07) is 3.92. The average Bonchev–Trinajstić information content (AvgIpc) is 2.55. The van der Waals surface area contributed by atoms with Gasteiger partial charge in [-0.1, -0.05) is 13.8 Å². The monoisotopic (exact) mass is 331 g/mol. The van der Waals surface area contributed by atoms with Crippen molar-refractivity contribution < 1.29 is 13.9 Å². The Morgan fingerprint density at radius 1 is 1.29 bits per heavy atom. The molecule has 1 aliphatic heterocycles. The van der Waals surface area contributed by atoms with Gasteiger partial charge in [-0.25, -0.2) is 4.79 Å². The molecule has 130 valence electrons. The van der Waals surface area contributed by atoms with Gasteiger partial charge in [0.05, 0.1) is 6.61 Å². The predicted octanol–water partition coefficient (Wildman–Crippen LogP) is 2.90. The third-order valence-electron chi connectivity index (χ3n) is 4.59. The van der Waals surface area contributed by atoms with E-state index in [0.29, 0.717) is 18.8 Å². The van der Waals surface area contributed by atoms with E-state index in [1.54, 1.807) is 0 Å². The molecule has 1 aromatic carbocycles. The van der Waals surface area contributed by atoms with E-state index in [4.69, 9.17) is 13.9 Å². The van der Waals surface area contributed by atoms with Crippen LogP contribution in [0.5, 0.6) is 5.75 Å². The zero-order valence-corrected chi connectivity index (χ0v) is 14.8. The van der Waals surface area contributed by atoms with Gasteiger partial charge in [-0.3, -0.25) is 0 Å². The van der Waals surface area contributed by atoms with Crippen LogP contribution in [0.25, 0.3) is 11.0 Å². The first-order chi connectivity index (χ1) is 11.5. The summed E-state index contributed by atoms with van der Waals surface area (Å²) in [6.07, 6.45) is 0.0471. The Hall–Kier alpha value is -1.85. The van der Waals surface area contributed by atoms with Crippen molar-refractivity contribution in [2.45, 2.75) is 39.7 Å². The summed E-state index contributed by atoms with van der Waals surface area (Å²) in [5.74, 6) is 0.870. The van der Waals surface area contributed by atoms with Crippen LogP contribution in [0.1, 0.15) is 36.5 Å². The van der Waals surface area contributed by atoms with E-state index in [1.807, 2.05) is 39.8 Å². The van der Waals surface area contributed by atoms with Crippen molar-refractivity contribution >= 4 is 11.0 Å². The van der Waals surface area contributed by atoms with E-state index < -0.39 is 0 Å². The number of rotatable bonds is 4. The quantitative estimate of drug-likeness (QED) is 0.873. The highest BCUT2D eigenvalue weighted by Gasteiger charge is 2.18. The molecule has 5 heteroatoms. The topological polar surface area (TPSA) is 60.7 Å². The fraction of sp³-hybridized carbons (Fsp3) is 0.526. The van der Waals surface area contributed by atoms with Crippen molar-refractivity contribution in [2.24, 2.45) is 0 Å². The molecule has 1 atom stereocenters.